The van der Waals surface area contributed by atoms with E-state index < -0.39 is 11.8 Å². The Kier molecular flexibility index (Phi) is 5.94. The number of amides is 2. The first kappa shape index (κ1) is 21.2. The van der Waals surface area contributed by atoms with Gasteiger partial charge in [-0.1, -0.05) is 48.5 Å². The molecule has 0 atom stereocenters. The maximum Gasteiger partial charge on any atom is 0.282 e. The van der Waals surface area contributed by atoms with E-state index in [0.717, 1.165) is 5.69 Å². The number of carbonyl (C=O) groups is 2. The number of anilines is 2. The molecule has 0 saturated heterocycles. The van der Waals surface area contributed by atoms with E-state index in [1.165, 1.54) is 12.0 Å². The fourth-order valence-corrected chi connectivity index (χ4v) is 3.97. The summed E-state index contributed by atoms with van der Waals surface area (Å²) in [6.07, 6.45) is 0. The molecule has 2 amide bonds. The first-order valence-corrected chi connectivity index (χ1v) is 10.3. The summed E-state index contributed by atoms with van der Waals surface area (Å²) in [4.78, 5) is 30.7. The van der Waals surface area contributed by atoms with Crippen LogP contribution in [-0.2, 0) is 9.59 Å². The SMILES string of the molecule is CCN(C1=C(c2ccccc2OC)C(=O)N(c2ccccc2OC)C1=O)c1ccccc1. The van der Waals surface area contributed by atoms with Gasteiger partial charge in [-0.25, -0.2) is 4.90 Å². The summed E-state index contributed by atoms with van der Waals surface area (Å²) >= 11 is 0. The van der Waals surface area contributed by atoms with Crippen LogP contribution in [-0.4, -0.2) is 32.6 Å². The molecule has 0 unspecified atom stereocenters. The van der Waals surface area contributed by atoms with Gasteiger partial charge < -0.3 is 14.4 Å². The largest absolute Gasteiger partial charge is 0.496 e. The molecule has 6 nitrogen and oxygen atoms in total. The molecule has 3 aromatic rings. The Bertz CT molecular complexity index is 1190. The molecule has 3 aromatic carbocycles. The Labute approximate surface area is 187 Å². The molecule has 0 saturated carbocycles. The molecule has 1 aliphatic rings. The van der Waals surface area contributed by atoms with E-state index in [1.807, 2.05) is 54.3 Å². The van der Waals surface area contributed by atoms with Crippen LogP contribution in [0, 0.1) is 0 Å². The Hall–Kier alpha value is -4.06. The summed E-state index contributed by atoms with van der Waals surface area (Å²) < 4.78 is 11.0. The predicted molar refractivity (Wildman–Crippen MR) is 125 cm³/mol. The Morgan fingerprint density at radius 1 is 0.750 bits per heavy atom. The highest BCUT2D eigenvalue weighted by molar-refractivity contribution is 6.47. The van der Waals surface area contributed by atoms with Crippen LogP contribution in [0.5, 0.6) is 11.5 Å². The van der Waals surface area contributed by atoms with E-state index in [2.05, 4.69) is 0 Å². The number of imide groups is 1. The third-order valence-corrected chi connectivity index (χ3v) is 5.42. The average molecular weight is 428 g/mol. The molecule has 6 heteroatoms. The Morgan fingerprint density at radius 2 is 1.34 bits per heavy atom. The molecule has 0 fully saturated rings. The number of carbonyl (C=O) groups excluding carboxylic acids is 2. The van der Waals surface area contributed by atoms with Crippen molar-refractivity contribution in [1.82, 2.24) is 0 Å². The van der Waals surface area contributed by atoms with Crippen molar-refractivity contribution < 1.29 is 19.1 Å². The molecule has 1 aliphatic heterocycles. The number of likely N-dealkylation sites (N-methyl/N-ethyl adjacent to an activating group) is 1. The summed E-state index contributed by atoms with van der Waals surface area (Å²) in [5.41, 5.74) is 2.38. The van der Waals surface area contributed by atoms with Gasteiger partial charge in [0.15, 0.2) is 0 Å². The predicted octanol–water partition coefficient (Wildman–Crippen LogP) is 4.51. The van der Waals surface area contributed by atoms with Gasteiger partial charge in [0.25, 0.3) is 11.8 Å². The monoisotopic (exact) mass is 428 g/mol. The lowest BCUT2D eigenvalue weighted by Gasteiger charge is -2.25. The number of nitrogens with zero attached hydrogens (tertiary/aromatic N) is 2. The van der Waals surface area contributed by atoms with Crippen LogP contribution in [0.2, 0.25) is 0 Å². The van der Waals surface area contributed by atoms with Crippen molar-refractivity contribution in [2.75, 3.05) is 30.6 Å². The number of para-hydroxylation sites is 4. The first-order valence-electron chi connectivity index (χ1n) is 10.3. The fourth-order valence-electron chi connectivity index (χ4n) is 3.97. The van der Waals surface area contributed by atoms with Gasteiger partial charge in [-0.15, -0.1) is 0 Å². The van der Waals surface area contributed by atoms with Crippen molar-refractivity contribution in [3.8, 4) is 11.5 Å². The molecule has 0 radical (unpaired) electrons. The van der Waals surface area contributed by atoms with E-state index in [1.54, 1.807) is 43.5 Å². The Morgan fingerprint density at radius 3 is 2.00 bits per heavy atom. The lowest BCUT2D eigenvalue weighted by Crippen LogP contribution is -2.35. The molecule has 0 aliphatic carbocycles. The topological polar surface area (TPSA) is 59.1 Å². The number of rotatable bonds is 7. The minimum Gasteiger partial charge on any atom is -0.496 e. The van der Waals surface area contributed by atoms with Crippen molar-refractivity contribution >= 4 is 28.8 Å². The minimum atomic E-state index is -0.423. The van der Waals surface area contributed by atoms with Crippen molar-refractivity contribution in [2.45, 2.75) is 6.92 Å². The van der Waals surface area contributed by atoms with E-state index in [4.69, 9.17) is 9.47 Å². The zero-order chi connectivity index (χ0) is 22.7. The van der Waals surface area contributed by atoms with Gasteiger partial charge in [-0.05, 0) is 37.3 Å². The zero-order valence-electron chi connectivity index (χ0n) is 18.2. The molecule has 4 rings (SSSR count). The van der Waals surface area contributed by atoms with Crippen LogP contribution >= 0.6 is 0 Å². The average Bonchev–Trinajstić information content (AvgIpc) is 3.09. The van der Waals surface area contributed by atoms with Crippen LogP contribution < -0.4 is 19.3 Å². The standard InChI is InChI=1S/C26H24N2O4/c1-4-27(18-12-6-5-7-13-18)24-23(19-14-8-10-16-21(19)31-2)25(29)28(26(24)30)20-15-9-11-17-22(20)32-3/h5-17H,4H2,1-3H3. The van der Waals surface area contributed by atoms with Gasteiger partial charge in [0.05, 0.1) is 25.5 Å². The molecule has 0 spiro atoms. The lowest BCUT2D eigenvalue weighted by molar-refractivity contribution is -0.120. The van der Waals surface area contributed by atoms with Crippen LogP contribution in [0.15, 0.2) is 84.6 Å². The summed E-state index contributed by atoms with van der Waals surface area (Å²) in [5, 5.41) is 0. The molecular weight excluding hydrogens is 404 g/mol. The summed E-state index contributed by atoms with van der Waals surface area (Å²) in [6, 6.07) is 23.8. The normalized spacial score (nSPS) is 13.5. The smallest absolute Gasteiger partial charge is 0.282 e. The molecule has 0 aromatic heterocycles. The third kappa shape index (κ3) is 3.50. The van der Waals surface area contributed by atoms with Crippen LogP contribution in [0.25, 0.3) is 5.57 Å². The highest BCUT2D eigenvalue weighted by atomic mass is 16.5. The second-order valence-electron chi connectivity index (χ2n) is 7.12. The van der Waals surface area contributed by atoms with Crippen molar-refractivity contribution in [1.29, 1.82) is 0 Å². The molecule has 1 heterocycles. The maximum atomic E-state index is 13.9. The number of ether oxygens (including phenoxy) is 2. The molecule has 32 heavy (non-hydrogen) atoms. The maximum absolute atomic E-state index is 13.9. The summed E-state index contributed by atoms with van der Waals surface area (Å²) in [6.45, 7) is 2.44. The third-order valence-electron chi connectivity index (χ3n) is 5.42. The molecule has 0 bridgehead atoms. The fraction of sp³-hybridized carbons (Fsp3) is 0.154. The molecule has 0 N–H and O–H groups in total. The summed E-state index contributed by atoms with van der Waals surface area (Å²) in [5.74, 6) is 0.129. The second-order valence-corrected chi connectivity index (χ2v) is 7.12. The van der Waals surface area contributed by atoms with E-state index in [9.17, 15) is 9.59 Å². The number of methoxy groups -OCH3 is 2. The zero-order valence-corrected chi connectivity index (χ0v) is 18.2. The highest BCUT2D eigenvalue weighted by Crippen LogP contribution is 2.41. The van der Waals surface area contributed by atoms with Gasteiger partial charge >= 0.3 is 0 Å². The molecule has 162 valence electrons. The van der Waals surface area contributed by atoms with E-state index in [0.29, 0.717) is 40.6 Å². The van der Waals surface area contributed by atoms with Crippen LogP contribution in [0.3, 0.4) is 0 Å². The molecular formula is C26H24N2O4. The van der Waals surface area contributed by atoms with Gasteiger partial charge in [-0.2, -0.15) is 0 Å². The van der Waals surface area contributed by atoms with Crippen molar-refractivity contribution in [3.63, 3.8) is 0 Å². The minimum absolute atomic E-state index is 0.295. The van der Waals surface area contributed by atoms with Crippen LogP contribution in [0.4, 0.5) is 11.4 Å². The van der Waals surface area contributed by atoms with Crippen molar-refractivity contribution in [2.24, 2.45) is 0 Å². The number of hydrogen-bond acceptors (Lipinski definition) is 5. The van der Waals surface area contributed by atoms with Crippen molar-refractivity contribution in [3.05, 3.63) is 90.1 Å². The van der Waals surface area contributed by atoms with Gasteiger partial charge in [0, 0.05) is 17.8 Å². The Balaban J connectivity index is 1.96. The first-order chi connectivity index (χ1) is 15.6. The van der Waals surface area contributed by atoms with Gasteiger partial charge in [0.2, 0.25) is 0 Å². The number of hydrogen-bond donors (Lipinski definition) is 0. The second kappa shape index (κ2) is 8.98. The van der Waals surface area contributed by atoms with E-state index >= 15 is 0 Å². The lowest BCUT2D eigenvalue weighted by atomic mass is 10.0. The van der Waals surface area contributed by atoms with E-state index in [-0.39, 0.29) is 0 Å². The summed E-state index contributed by atoms with van der Waals surface area (Å²) in [7, 11) is 3.06. The van der Waals surface area contributed by atoms with Gasteiger partial charge in [-0.3, -0.25) is 9.59 Å². The number of benzene rings is 3. The van der Waals surface area contributed by atoms with Gasteiger partial charge in [0.1, 0.15) is 17.2 Å². The quantitative estimate of drug-likeness (QED) is 0.518. The van der Waals surface area contributed by atoms with Crippen LogP contribution in [0.1, 0.15) is 12.5 Å². The highest BCUT2D eigenvalue weighted by Gasteiger charge is 2.44.